The minimum Gasteiger partial charge on any atom is -0.462 e. The summed E-state index contributed by atoms with van der Waals surface area (Å²) < 4.78 is 33.7. The van der Waals surface area contributed by atoms with E-state index in [0.717, 1.165) is 32.1 Å². The summed E-state index contributed by atoms with van der Waals surface area (Å²) in [4.78, 5) is 35.9. The van der Waals surface area contributed by atoms with Crippen molar-refractivity contribution in [1.29, 1.82) is 0 Å². The zero-order valence-corrected chi connectivity index (χ0v) is 45.5. The molecule has 0 heterocycles. The Morgan fingerprint density at radius 1 is 0.429 bits per heavy atom. The van der Waals surface area contributed by atoms with Crippen LogP contribution in [0, 0.1) is 0 Å². The van der Waals surface area contributed by atoms with Gasteiger partial charge in [0.25, 0.3) is 0 Å². The maximum Gasteiger partial charge on any atom is 0.472 e. The summed E-state index contributed by atoms with van der Waals surface area (Å²) in [5.74, 6) is -1.12. The van der Waals surface area contributed by atoms with Gasteiger partial charge >= 0.3 is 19.8 Å². The molecule has 1 rings (SSSR count). The first kappa shape index (κ1) is 66.6. The summed E-state index contributed by atoms with van der Waals surface area (Å²) in [6.07, 6.45) is 39.9. The number of aliphatic hydroxyl groups is 5. The molecule has 0 spiro atoms. The van der Waals surface area contributed by atoms with Crippen LogP contribution in [0.1, 0.15) is 277 Å². The van der Waals surface area contributed by atoms with Crippen molar-refractivity contribution in [2.24, 2.45) is 0 Å². The molecule has 1 saturated carbocycles. The van der Waals surface area contributed by atoms with Crippen LogP contribution in [-0.2, 0) is 32.7 Å². The highest BCUT2D eigenvalue weighted by Crippen LogP contribution is 2.47. The van der Waals surface area contributed by atoms with Gasteiger partial charge in [0, 0.05) is 12.8 Å². The van der Waals surface area contributed by atoms with Crippen molar-refractivity contribution in [3.63, 3.8) is 0 Å². The molecule has 70 heavy (non-hydrogen) atoms. The molecule has 414 valence electrons. The average Bonchev–Trinajstić information content (AvgIpc) is 3.34. The van der Waals surface area contributed by atoms with Gasteiger partial charge in [-0.3, -0.25) is 18.6 Å². The van der Waals surface area contributed by atoms with Crippen molar-refractivity contribution < 1.29 is 63.1 Å². The van der Waals surface area contributed by atoms with Gasteiger partial charge in [0.2, 0.25) is 0 Å². The third-order valence-electron chi connectivity index (χ3n) is 13.9. The van der Waals surface area contributed by atoms with Crippen molar-refractivity contribution in [2.45, 2.75) is 320 Å². The van der Waals surface area contributed by atoms with E-state index in [9.17, 15) is 44.6 Å². The summed E-state index contributed by atoms with van der Waals surface area (Å²) in [6.45, 7) is 3.35. The molecule has 0 aromatic heterocycles. The predicted molar refractivity (Wildman–Crippen MR) is 281 cm³/mol. The highest BCUT2D eigenvalue weighted by atomic mass is 31.2. The number of carbonyl (C=O) groups excluding carboxylic acids is 2. The minimum absolute atomic E-state index is 0.0547. The van der Waals surface area contributed by atoms with Gasteiger partial charge < -0.3 is 39.9 Å². The molecule has 0 aromatic rings. The van der Waals surface area contributed by atoms with E-state index < -0.39 is 75.7 Å². The lowest BCUT2D eigenvalue weighted by molar-refractivity contribution is -0.220. The van der Waals surface area contributed by atoms with E-state index in [1.54, 1.807) is 0 Å². The number of phosphoric ester groups is 1. The van der Waals surface area contributed by atoms with Gasteiger partial charge in [0.1, 0.15) is 43.2 Å². The highest BCUT2D eigenvalue weighted by Gasteiger charge is 2.51. The van der Waals surface area contributed by atoms with Crippen LogP contribution in [0.3, 0.4) is 0 Å². The fourth-order valence-corrected chi connectivity index (χ4v) is 10.2. The van der Waals surface area contributed by atoms with Crippen LogP contribution in [0.5, 0.6) is 0 Å². The van der Waals surface area contributed by atoms with Crippen molar-refractivity contribution >= 4 is 19.8 Å². The SMILES string of the molecule is CCCCCCCCCCCCCCCCCCCC/C=C/CCCC(=O)O[C@H](COC(=O)CCCCCCCCCCCCCCCCCCCC)COP(=O)(O)OC1C(O)C(O)C(O)[C@@H](O)C1O. The fourth-order valence-electron chi connectivity index (χ4n) is 9.24. The number of rotatable bonds is 50. The maximum absolute atomic E-state index is 12.9. The van der Waals surface area contributed by atoms with Gasteiger partial charge in [0.05, 0.1) is 6.61 Å². The number of ether oxygens (including phenoxy) is 2. The number of esters is 2. The van der Waals surface area contributed by atoms with Crippen LogP contribution < -0.4 is 0 Å². The Hall–Kier alpha value is -1.41. The molecule has 6 N–H and O–H groups in total. The normalized spacial score (nSPS) is 20.7. The van der Waals surface area contributed by atoms with Crippen LogP contribution in [0.2, 0.25) is 0 Å². The van der Waals surface area contributed by atoms with E-state index in [1.807, 2.05) is 0 Å². The van der Waals surface area contributed by atoms with Crippen LogP contribution in [0.4, 0.5) is 0 Å². The number of allylic oxidation sites excluding steroid dienone is 2. The molecule has 1 fully saturated rings. The molecule has 13 nitrogen and oxygen atoms in total. The van der Waals surface area contributed by atoms with Gasteiger partial charge in [-0.1, -0.05) is 244 Å². The quantitative estimate of drug-likeness (QED) is 0.0145. The fraction of sp³-hybridized carbons (Fsp3) is 0.929. The molecule has 1 aliphatic carbocycles. The lowest BCUT2D eigenvalue weighted by atomic mass is 9.85. The Kier molecular flexibility index (Phi) is 43.9. The molecular weight excluding hydrogens is 912 g/mol. The van der Waals surface area contributed by atoms with E-state index in [0.29, 0.717) is 19.3 Å². The first-order chi connectivity index (χ1) is 33.9. The van der Waals surface area contributed by atoms with Gasteiger partial charge in [-0.25, -0.2) is 4.57 Å². The zero-order chi connectivity index (χ0) is 51.3. The van der Waals surface area contributed by atoms with E-state index in [4.69, 9.17) is 18.5 Å². The van der Waals surface area contributed by atoms with Crippen molar-refractivity contribution in [3.05, 3.63) is 12.2 Å². The molecule has 0 aromatic carbocycles. The number of carbonyl (C=O) groups is 2. The second-order valence-electron chi connectivity index (χ2n) is 20.5. The molecule has 0 bridgehead atoms. The minimum atomic E-state index is -5.13. The Morgan fingerprint density at radius 3 is 1.13 bits per heavy atom. The lowest BCUT2D eigenvalue weighted by Crippen LogP contribution is -2.64. The molecule has 8 atom stereocenters. The molecule has 0 amide bonds. The molecule has 0 aliphatic heterocycles. The van der Waals surface area contributed by atoms with E-state index in [-0.39, 0.29) is 12.8 Å². The van der Waals surface area contributed by atoms with Crippen molar-refractivity contribution in [3.8, 4) is 0 Å². The molecule has 6 unspecified atom stereocenters. The van der Waals surface area contributed by atoms with Crippen molar-refractivity contribution in [1.82, 2.24) is 0 Å². The molecular formula is C56H107O13P. The standard InChI is InChI=1S/C56H107O13P/c1-3-5-7-9-11-13-15-17-19-21-23-24-25-26-27-29-31-33-35-37-39-41-43-45-50(58)68-48(47-67-70(64,65)69-56-54(62)52(60)51(59)53(61)55(56)63)46-66-49(57)44-42-40-38-36-34-32-30-28-22-20-18-16-14-12-10-8-6-4-2/h37,39,48,51-56,59-63H,3-36,38,40-47H2,1-2H3,(H,64,65)/b39-37+/t48-,51?,52-,53?,54?,55?,56?/m1/s1. The van der Waals surface area contributed by atoms with Crippen molar-refractivity contribution in [2.75, 3.05) is 13.2 Å². The number of aliphatic hydroxyl groups excluding tert-OH is 5. The third-order valence-corrected chi connectivity index (χ3v) is 14.8. The molecule has 0 saturated heterocycles. The monoisotopic (exact) mass is 1020 g/mol. The van der Waals surface area contributed by atoms with Gasteiger partial charge in [-0.05, 0) is 32.1 Å². The number of unbranched alkanes of at least 4 members (excludes halogenated alkanes) is 36. The van der Waals surface area contributed by atoms with Gasteiger partial charge in [-0.2, -0.15) is 0 Å². The second kappa shape index (κ2) is 46.1. The van der Waals surface area contributed by atoms with Gasteiger partial charge in [0.15, 0.2) is 6.10 Å². The number of phosphoric acid groups is 1. The molecule has 1 aliphatic rings. The van der Waals surface area contributed by atoms with Gasteiger partial charge in [-0.15, -0.1) is 0 Å². The Balaban J connectivity index is 2.33. The summed E-state index contributed by atoms with van der Waals surface area (Å²) >= 11 is 0. The summed E-state index contributed by atoms with van der Waals surface area (Å²) in [5.41, 5.74) is 0. The number of hydrogen-bond donors (Lipinski definition) is 6. The molecule has 0 radical (unpaired) electrons. The lowest BCUT2D eigenvalue weighted by Gasteiger charge is -2.41. The smallest absolute Gasteiger partial charge is 0.462 e. The summed E-state index contributed by atoms with van der Waals surface area (Å²) in [7, 11) is -5.13. The first-order valence-electron chi connectivity index (χ1n) is 29.0. The van der Waals surface area contributed by atoms with E-state index in [2.05, 4.69) is 26.0 Å². The Labute approximate surface area is 426 Å². The first-order valence-corrected chi connectivity index (χ1v) is 30.5. The van der Waals surface area contributed by atoms with E-state index in [1.165, 1.54) is 199 Å². The van der Waals surface area contributed by atoms with Crippen LogP contribution >= 0.6 is 7.82 Å². The Bertz CT molecular complexity index is 1270. The largest absolute Gasteiger partial charge is 0.472 e. The highest BCUT2D eigenvalue weighted by molar-refractivity contribution is 7.47. The van der Waals surface area contributed by atoms with Crippen LogP contribution in [0.15, 0.2) is 12.2 Å². The third kappa shape index (κ3) is 37.3. The summed E-state index contributed by atoms with van der Waals surface area (Å²) in [6, 6.07) is 0. The van der Waals surface area contributed by atoms with Crippen LogP contribution in [-0.4, -0.2) is 98.3 Å². The predicted octanol–water partition coefficient (Wildman–Crippen LogP) is 13.4. The summed E-state index contributed by atoms with van der Waals surface area (Å²) in [5, 5.41) is 50.4. The zero-order valence-electron chi connectivity index (χ0n) is 44.6. The molecule has 14 heteroatoms. The Morgan fingerprint density at radius 2 is 0.743 bits per heavy atom. The van der Waals surface area contributed by atoms with Crippen LogP contribution in [0.25, 0.3) is 0 Å². The average molecular weight is 1020 g/mol. The number of hydrogen-bond acceptors (Lipinski definition) is 12. The topological polar surface area (TPSA) is 210 Å². The van der Waals surface area contributed by atoms with E-state index >= 15 is 0 Å². The second-order valence-corrected chi connectivity index (χ2v) is 21.9. The maximum atomic E-state index is 12.9.